The molecule has 0 saturated heterocycles. The van der Waals surface area contributed by atoms with E-state index in [-0.39, 0.29) is 17.6 Å². The number of hydrogen-bond donors (Lipinski definition) is 1. The molecule has 27 heavy (non-hydrogen) atoms. The lowest BCUT2D eigenvalue weighted by atomic mass is 9.79. The minimum atomic E-state index is -0.595. The number of carbonyl (C=O) groups excluding carboxylic acids is 2. The fraction of sp³-hybridized carbons (Fsp3) is 0.636. The van der Waals surface area contributed by atoms with E-state index >= 15 is 0 Å². The lowest BCUT2D eigenvalue weighted by Crippen LogP contribution is -2.27. The van der Waals surface area contributed by atoms with Crippen LogP contribution in [0.4, 0.5) is 5.69 Å². The van der Waals surface area contributed by atoms with E-state index in [0.29, 0.717) is 23.6 Å². The number of Topliss-reactive ketones (excluding diaryl/α,β-unsaturated/α-hetero) is 1. The number of nitrogens with one attached hydrogen (secondary N) is 1. The van der Waals surface area contributed by atoms with Crippen molar-refractivity contribution >= 4 is 29.0 Å². The fourth-order valence-corrected chi connectivity index (χ4v) is 3.85. The number of amides is 1. The van der Waals surface area contributed by atoms with Gasteiger partial charge in [-0.3, -0.25) is 9.59 Å². The lowest BCUT2D eigenvalue weighted by molar-refractivity contribution is -0.121. The Kier molecular flexibility index (Phi) is 8.62. The van der Waals surface area contributed by atoms with Crippen molar-refractivity contribution in [2.75, 3.05) is 11.9 Å². The number of benzene rings is 1. The molecule has 1 aromatic rings. The third-order valence-electron chi connectivity index (χ3n) is 5.37. The van der Waals surface area contributed by atoms with Gasteiger partial charge in [0.25, 0.3) is 0 Å². The van der Waals surface area contributed by atoms with Gasteiger partial charge >= 0.3 is 0 Å². The highest BCUT2D eigenvalue weighted by molar-refractivity contribution is 6.33. The minimum Gasteiger partial charge on any atom is -0.492 e. The molecule has 0 aliphatic heterocycles. The third kappa shape index (κ3) is 6.24. The Bertz CT molecular complexity index is 636. The van der Waals surface area contributed by atoms with Gasteiger partial charge in [-0.25, -0.2) is 0 Å². The number of hydrogen-bond acceptors (Lipinski definition) is 3. The minimum absolute atomic E-state index is 0.0506. The van der Waals surface area contributed by atoms with E-state index in [0.717, 1.165) is 31.6 Å². The normalized spacial score (nSPS) is 20.7. The average molecular weight is 394 g/mol. The second-order valence-corrected chi connectivity index (χ2v) is 8.13. The molecule has 1 amide bonds. The number of rotatable bonds is 9. The molecule has 1 aliphatic rings. The van der Waals surface area contributed by atoms with Crippen LogP contribution in [0.1, 0.15) is 76.1 Å². The lowest BCUT2D eigenvalue weighted by Gasteiger charge is -2.28. The summed E-state index contributed by atoms with van der Waals surface area (Å²) in [4.78, 5) is 24.8. The Morgan fingerprint density at radius 2 is 1.93 bits per heavy atom. The zero-order valence-corrected chi connectivity index (χ0v) is 17.5. The summed E-state index contributed by atoms with van der Waals surface area (Å²) in [6, 6.07) is 5.10. The van der Waals surface area contributed by atoms with Crippen molar-refractivity contribution in [1.29, 1.82) is 0 Å². The maximum Gasteiger partial charge on any atom is 0.227 e. The summed E-state index contributed by atoms with van der Waals surface area (Å²) in [6.45, 7) is 6.21. The predicted octanol–water partition coefficient (Wildman–Crippen LogP) is 5.83. The molecule has 1 aromatic carbocycles. The van der Waals surface area contributed by atoms with Crippen molar-refractivity contribution in [2.24, 2.45) is 11.8 Å². The third-order valence-corrected chi connectivity index (χ3v) is 5.57. The van der Waals surface area contributed by atoms with Gasteiger partial charge in [0.05, 0.1) is 17.7 Å². The topological polar surface area (TPSA) is 55.4 Å². The molecule has 1 N–H and O–H groups in total. The molecule has 1 saturated carbocycles. The van der Waals surface area contributed by atoms with Crippen molar-refractivity contribution < 1.29 is 14.3 Å². The van der Waals surface area contributed by atoms with E-state index in [4.69, 9.17) is 16.3 Å². The van der Waals surface area contributed by atoms with Crippen LogP contribution >= 0.6 is 11.6 Å². The first-order chi connectivity index (χ1) is 13.0. The molecule has 4 nitrogen and oxygen atoms in total. The molecule has 0 spiro atoms. The van der Waals surface area contributed by atoms with Gasteiger partial charge in [-0.05, 0) is 63.6 Å². The smallest absolute Gasteiger partial charge is 0.227 e. The van der Waals surface area contributed by atoms with Crippen LogP contribution in [-0.2, 0) is 4.79 Å². The van der Waals surface area contributed by atoms with Crippen LogP contribution in [0.5, 0.6) is 5.75 Å². The van der Waals surface area contributed by atoms with Gasteiger partial charge in [-0.1, -0.05) is 26.2 Å². The Hall–Kier alpha value is -1.55. The van der Waals surface area contributed by atoms with E-state index in [9.17, 15) is 9.59 Å². The Labute approximate surface area is 168 Å². The SMILES string of the molecule is CCCCC1CCC(C(=O)Nc2ccc(C(=O)C(C)Cl)cc2OCC)CC1. The highest BCUT2D eigenvalue weighted by atomic mass is 35.5. The molecule has 0 aromatic heterocycles. The van der Waals surface area contributed by atoms with Gasteiger partial charge in [-0.2, -0.15) is 0 Å². The van der Waals surface area contributed by atoms with E-state index in [1.165, 1.54) is 19.3 Å². The zero-order valence-electron chi connectivity index (χ0n) is 16.7. The van der Waals surface area contributed by atoms with E-state index < -0.39 is 5.38 Å². The predicted molar refractivity (Wildman–Crippen MR) is 111 cm³/mol. The van der Waals surface area contributed by atoms with Gasteiger partial charge in [-0.15, -0.1) is 11.6 Å². The van der Waals surface area contributed by atoms with Crippen molar-refractivity contribution in [2.45, 2.75) is 71.1 Å². The first kappa shape index (κ1) is 21.7. The first-order valence-electron chi connectivity index (χ1n) is 10.2. The molecule has 5 heteroatoms. The molecule has 2 rings (SSSR count). The second kappa shape index (κ2) is 10.7. The summed E-state index contributed by atoms with van der Waals surface area (Å²) in [5.74, 6) is 1.25. The van der Waals surface area contributed by atoms with Crippen LogP contribution in [0.3, 0.4) is 0 Å². The summed E-state index contributed by atoms with van der Waals surface area (Å²) in [7, 11) is 0. The van der Waals surface area contributed by atoms with Gasteiger partial charge in [0.1, 0.15) is 5.75 Å². The summed E-state index contributed by atoms with van der Waals surface area (Å²) in [5, 5.41) is 2.42. The van der Waals surface area contributed by atoms with Crippen LogP contribution < -0.4 is 10.1 Å². The Balaban J connectivity index is 2.01. The molecule has 1 aliphatic carbocycles. The molecule has 1 atom stereocenters. The Morgan fingerprint density at radius 1 is 1.22 bits per heavy atom. The fourth-order valence-electron chi connectivity index (χ4n) is 3.72. The summed E-state index contributed by atoms with van der Waals surface area (Å²) in [6.07, 6.45) is 7.98. The van der Waals surface area contributed by atoms with Gasteiger partial charge < -0.3 is 10.1 Å². The molecule has 1 unspecified atom stereocenters. The van der Waals surface area contributed by atoms with Crippen molar-refractivity contribution in [3.63, 3.8) is 0 Å². The summed E-state index contributed by atoms with van der Waals surface area (Å²) in [5.41, 5.74) is 1.11. The van der Waals surface area contributed by atoms with Crippen LogP contribution in [-0.4, -0.2) is 23.7 Å². The van der Waals surface area contributed by atoms with Gasteiger partial charge in [0.15, 0.2) is 5.78 Å². The first-order valence-corrected chi connectivity index (χ1v) is 10.7. The average Bonchev–Trinajstić information content (AvgIpc) is 2.67. The number of carbonyl (C=O) groups is 2. The highest BCUT2D eigenvalue weighted by Gasteiger charge is 2.26. The standard InChI is InChI=1S/C22H32ClNO3/c1-4-6-7-16-8-10-17(11-9-16)22(26)24-19-13-12-18(21(25)15(3)23)14-20(19)27-5-2/h12-17H,4-11H2,1-3H3,(H,24,26). The number of halogens is 1. The number of ether oxygens (including phenoxy) is 1. The number of ketones is 1. The van der Waals surface area contributed by atoms with Gasteiger partial charge in [0, 0.05) is 11.5 Å². The van der Waals surface area contributed by atoms with Crippen LogP contribution in [0, 0.1) is 11.8 Å². The summed E-state index contributed by atoms with van der Waals surface area (Å²) >= 11 is 5.90. The van der Waals surface area contributed by atoms with E-state index in [1.54, 1.807) is 25.1 Å². The summed E-state index contributed by atoms with van der Waals surface area (Å²) < 4.78 is 5.65. The molecule has 150 valence electrons. The largest absolute Gasteiger partial charge is 0.492 e. The van der Waals surface area contributed by atoms with Crippen LogP contribution in [0.15, 0.2) is 18.2 Å². The van der Waals surface area contributed by atoms with Crippen molar-refractivity contribution in [3.8, 4) is 5.75 Å². The molecule has 1 fully saturated rings. The molecule has 0 bridgehead atoms. The molecular formula is C22H32ClNO3. The highest BCUT2D eigenvalue weighted by Crippen LogP contribution is 2.34. The van der Waals surface area contributed by atoms with Crippen LogP contribution in [0.25, 0.3) is 0 Å². The zero-order chi connectivity index (χ0) is 19.8. The Morgan fingerprint density at radius 3 is 2.52 bits per heavy atom. The molecule has 0 heterocycles. The molecule has 0 radical (unpaired) electrons. The van der Waals surface area contributed by atoms with E-state index in [1.807, 2.05) is 6.92 Å². The second-order valence-electron chi connectivity index (χ2n) is 7.47. The quantitative estimate of drug-likeness (QED) is 0.424. The number of anilines is 1. The van der Waals surface area contributed by atoms with Crippen molar-refractivity contribution in [3.05, 3.63) is 23.8 Å². The van der Waals surface area contributed by atoms with Crippen molar-refractivity contribution in [1.82, 2.24) is 0 Å². The number of unbranched alkanes of at least 4 members (excludes halogenated alkanes) is 1. The number of alkyl halides is 1. The monoisotopic (exact) mass is 393 g/mol. The maximum atomic E-state index is 12.7. The maximum absolute atomic E-state index is 12.7. The van der Waals surface area contributed by atoms with Crippen LogP contribution in [0.2, 0.25) is 0 Å². The van der Waals surface area contributed by atoms with Gasteiger partial charge in [0.2, 0.25) is 5.91 Å². The van der Waals surface area contributed by atoms with E-state index in [2.05, 4.69) is 12.2 Å². The molecular weight excluding hydrogens is 362 g/mol.